The van der Waals surface area contributed by atoms with Crippen LogP contribution in [0.4, 0.5) is 10.5 Å². The first-order valence-electron chi connectivity index (χ1n) is 6.23. The Morgan fingerprint density at radius 1 is 1.47 bits per heavy atom. The van der Waals surface area contributed by atoms with Gasteiger partial charge in [-0.15, -0.1) is 0 Å². The summed E-state index contributed by atoms with van der Waals surface area (Å²) in [6.07, 6.45) is 3.97. The van der Waals surface area contributed by atoms with Gasteiger partial charge in [-0.1, -0.05) is 0 Å². The number of hydrogen-bond acceptors (Lipinski definition) is 3. The lowest BCUT2D eigenvalue weighted by Gasteiger charge is -2.41. The van der Waals surface area contributed by atoms with Gasteiger partial charge in [0.25, 0.3) is 0 Å². The van der Waals surface area contributed by atoms with Crippen LogP contribution in [0.25, 0.3) is 0 Å². The van der Waals surface area contributed by atoms with Crippen molar-refractivity contribution in [2.45, 2.75) is 38.1 Å². The highest BCUT2D eigenvalue weighted by Crippen LogP contribution is 2.34. The van der Waals surface area contributed by atoms with Gasteiger partial charge in [0.2, 0.25) is 0 Å². The van der Waals surface area contributed by atoms with Crippen LogP contribution in [0.2, 0.25) is 0 Å². The summed E-state index contributed by atoms with van der Waals surface area (Å²) in [5.74, 6) is -0.891. The number of hydrogen-bond donors (Lipinski definition) is 3. The minimum Gasteiger partial charge on any atom is -0.481 e. The second kappa shape index (κ2) is 5.26. The molecule has 1 aliphatic carbocycles. The van der Waals surface area contributed by atoms with E-state index in [4.69, 9.17) is 5.11 Å². The molecule has 1 aliphatic rings. The van der Waals surface area contributed by atoms with Crippen LogP contribution in [0.5, 0.6) is 0 Å². The average molecular weight is 263 g/mol. The number of pyridine rings is 1. The first kappa shape index (κ1) is 13.3. The highest BCUT2D eigenvalue weighted by molar-refractivity contribution is 5.90. The maximum atomic E-state index is 11.9. The number of rotatable bonds is 4. The van der Waals surface area contributed by atoms with Gasteiger partial charge in [0, 0.05) is 6.20 Å². The molecule has 0 bridgehead atoms. The Morgan fingerprint density at radius 3 is 2.74 bits per heavy atom. The lowest BCUT2D eigenvalue weighted by molar-refractivity contribution is -0.139. The van der Waals surface area contributed by atoms with Crippen molar-refractivity contribution >= 4 is 17.7 Å². The van der Waals surface area contributed by atoms with Gasteiger partial charge in [-0.25, -0.2) is 4.79 Å². The Hall–Kier alpha value is -2.11. The quantitative estimate of drug-likeness (QED) is 0.773. The molecule has 0 aromatic carbocycles. The molecular formula is C13H17N3O3. The van der Waals surface area contributed by atoms with Gasteiger partial charge in [0.15, 0.2) is 0 Å². The molecule has 1 fully saturated rings. The van der Waals surface area contributed by atoms with Gasteiger partial charge >= 0.3 is 12.0 Å². The van der Waals surface area contributed by atoms with Crippen LogP contribution in [0.1, 0.15) is 31.4 Å². The van der Waals surface area contributed by atoms with E-state index in [-0.39, 0.29) is 12.5 Å². The van der Waals surface area contributed by atoms with E-state index in [2.05, 4.69) is 15.6 Å². The summed E-state index contributed by atoms with van der Waals surface area (Å²) in [5.41, 5.74) is 0.759. The third kappa shape index (κ3) is 3.21. The Labute approximate surface area is 111 Å². The number of carbonyl (C=O) groups excluding carboxylic acids is 1. The molecule has 0 aliphatic heterocycles. The van der Waals surface area contributed by atoms with E-state index in [1.54, 1.807) is 25.3 Å². The minimum absolute atomic E-state index is 0.0353. The lowest BCUT2D eigenvalue weighted by Crippen LogP contribution is -2.55. The number of nitrogens with one attached hydrogen (secondary N) is 2. The van der Waals surface area contributed by atoms with E-state index in [9.17, 15) is 9.59 Å². The maximum absolute atomic E-state index is 11.9. The van der Waals surface area contributed by atoms with Crippen LogP contribution in [0.3, 0.4) is 0 Å². The number of anilines is 1. The average Bonchev–Trinajstić information content (AvgIpc) is 2.28. The third-order valence-corrected chi connectivity index (χ3v) is 3.43. The van der Waals surface area contributed by atoms with Crippen molar-refractivity contribution in [2.24, 2.45) is 0 Å². The van der Waals surface area contributed by atoms with Crippen molar-refractivity contribution < 1.29 is 14.7 Å². The molecule has 102 valence electrons. The zero-order valence-electron chi connectivity index (χ0n) is 10.8. The summed E-state index contributed by atoms with van der Waals surface area (Å²) < 4.78 is 0. The van der Waals surface area contributed by atoms with Crippen molar-refractivity contribution in [2.75, 3.05) is 5.32 Å². The molecule has 0 saturated heterocycles. The second-order valence-electron chi connectivity index (χ2n) is 4.92. The second-order valence-corrected chi connectivity index (χ2v) is 4.92. The first-order chi connectivity index (χ1) is 9.01. The number of carboxylic acid groups (broad SMARTS) is 1. The van der Waals surface area contributed by atoms with Crippen molar-refractivity contribution in [3.05, 3.63) is 24.0 Å². The van der Waals surface area contributed by atoms with Crippen LogP contribution in [-0.2, 0) is 4.79 Å². The Bertz CT molecular complexity index is 498. The largest absolute Gasteiger partial charge is 0.481 e. The van der Waals surface area contributed by atoms with Crippen LogP contribution >= 0.6 is 0 Å². The predicted molar refractivity (Wildman–Crippen MR) is 70.0 cm³/mol. The Kier molecular flexibility index (Phi) is 3.69. The number of amides is 2. The monoisotopic (exact) mass is 263 g/mol. The fraction of sp³-hybridized carbons (Fsp3) is 0.462. The highest BCUT2D eigenvalue weighted by atomic mass is 16.4. The van der Waals surface area contributed by atoms with E-state index in [0.29, 0.717) is 18.5 Å². The Balaban J connectivity index is 1.97. The molecule has 3 N–H and O–H groups in total. The first-order valence-corrected chi connectivity index (χ1v) is 6.23. The standard InChI is InChI=1S/C13H17N3O3/c1-9-10(4-2-7-14-9)15-12(19)16-13(5-3-6-13)8-11(17)18/h2,4,7H,3,5-6,8H2,1H3,(H,17,18)(H2,15,16,19). The fourth-order valence-corrected chi connectivity index (χ4v) is 2.25. The minimum atomic E-state index is -0.891. The zero-order chi connectivity index (χ0) is 13.9. The third-order valence-electron chi connectivity index (χ3n) is 3.43. The molecule has 0 unspecified atom stereocenters. The van der Waals surface area contributed by atoms with Crippen LogP contribution in [0.15, 0.2) is 18.3 Å². The van der Waals surface area contributed by atoms with Gasteiger partial charge in [-0.05, 0) is 38.3 Å². The summed E-state index contributed by atoms with van der Waals surface area (Å²) in [5, 5.41) is 14.4. The van der Waals surface area contributed by atoms with E-state index < -0.39 is 11.5 Å². The van der Waals surface area contributed by atoms with Crippen molar-refractivity contribution in [3.8, 4) is 0 Å². The summed E-state index contributed by atoms with van der Waals surface area (Å²) in [7, 11) is 0. The van der Waals surface area contributed by atoms with Gasteiger partial charge in [0.1, 0.15) is 0 Å². The molecule has 0 atom stereocenters. The lowest BCUT2D eigenvalue weighted by atomic mass is 9.74. The molecule has 2 amide bonds. The van der Waals surface area contributed by atoms with Crippen molar-refractivity contribution in [1.29, 1.82) is 0 Å². The normalized spacial score (nSPS) is 16.3. The van der Waals surface area contributed by atoms with Crippen molar-refractivity contribution in [3.63, 3.8) is 0 Å². The topological polar surface area (TPSA) is 91.3 Å². The number of carboxylic acids is 1. The predicted octanol–water partition coefficient (Wildman–Crippen LogP) is 1.91. The molecule has 6 heteroatoms. The number of aromatic nitrogens is 1. The zero-order valence-corrected chi connectivity index (χ0v) is 10.8. The van der Waals surface area contributed by atoms with Crippen LogP contribution in [0, 0.1) is 6.92 Å². The van der Waals surface area contributed by atoms with Gasteiger partial charge in [0.05, 0.1) is 23.3 Å². The summed E-state index contributed by atoms with van der Waals surface area (Å²) in [6.45, 7) is 1.80. The number of urea groups is 1. The Morgan fingerprint density at radius 2 is 2.21 bits per heavy atom. The number of aliphatic carboxylic acids is 1. The number of carbonyl (C=O) groups is 2. The van der Waals surface area contributed by atoms with E-state index in [1.807, 2.05) is 0 Å². The molecule has 1 heterocycles. The van der Waals surface area contributed by atoms with E-state index in [0.717, 1.165) is 12.1 Å². The molecule has 0 radical (unpaired) electrons. The van der Waals surface area contributed by atoms with Crippen LogP contribution < -0.4 is 10.6 Å². The molecular weight excluding hydrogens is 246 g/mol. The van der Waals surface area contributed by atoms with Gasteiger partial charge in [-0.2, -0.15) is 0 Å². The summed E-state index contributed by atoms with van der Waals surface area (Å²) in [6, 6.07) is 3.11. The van der Waals surface area contributed by atoms with E-state index >= 15 is 0 Å². The van der Waals surface area contributed by atoms with Crippen molar-refractivity contribution in [1.82, 2.24) is 10.3 Å². The molecule has 2 rings (SSSR count). The summed E-state index contributed by atoms with van der Waals surface area (Å²) >= 11 is 0. The molecule has 19 heavy (non-hydrogen) atoms. The highest BCUT2D eigenvalue weighted by Gasteiger charge is 2.40. The van der Waals surface area contributed by atoms with E-state index in [1.165, 1.54) is 0 Å². The molecule has 6 nitrogen and oxygen atoms in total. The van der Waals surface area contributed by atoms with Crippen LogP contribution in [-0.4, -0.2) is 27.6 Å². The molecule has 1 aromatic heterocycles. The van der Waals surface area contributed by atoms with Gasteiger partial charge < -0.3 is 15.7 Å². The molecule has 0 spiro atoms. The molecule has 1 saturated carbocycles. The van der Waals surface area contributed by atoms with Gasteiger partial charge in [-0.3, -0.25) is 9.78 Å². The maximum Gasteiger partial charge on any atom is 0.319 e. The SMILES string of the molecule is Cc1ncccc1NC(=O)NC1(CC(=O)O)CCC1. The smallest absolute Gasteiger partial charge is 0.319 e. The molecule has 1 aromatic rings. The number of aryl methyl sites for hydroxylation is 1. The number of nitrogens with zero attached hydrogens (tertiary/aromatic N) is 1. The fourth-order valence-electron chi connectivity index (χ4n) is 2.25. The summed E-state index contributed by atoms with van der Waals surface area (Å²) in [4.78, 5) is 26.8.